The minimum Gasteiger partial charge on any atom is -0.326 e. The smallest absolute Gasteiger partial charge is 0.221 e. The van der Waals surface area contributed by atoms with Crippen LogP contribution in [0.2, 0.25) is 39.3 Å². The molecule has 0 saturated carbocycles. The summed E-state index contributed by atoms with van der Waals surface area (Å²) in [5.41, 5.74) is 4.48. The number of anilines is 1. The molecular weight excluding hydrogens is 278 g/mol. The SMILES string of the molecule is CC(=O)Nc1cccc([Si](C)(C)C)c1/C=C\[Si](C)(C)C. The summed E-state index contributed by atoms with van der Waals surface area (Å²) in [5, 5.41) is 4.37. The van der Waals surface area contributed by atoms with Crippen molar-refractivity contribution < 1.29 is 4.79 Å². The first-order chi connectivity index (χ1) is 9.00. The van der Waals surface area contributed by atoms with E-state index in [4.69, 9.17) is 0 Å². The maximum absolute atomic E-state index is 11.4. The number of carbonyl (C=O) groups is 1. The number of amides is 1. The van der Waals surface area contributed by atoms with Crippen molar-refractivity contribution in [3.8, 4) is 0 Å². The van der Waals surface area contributed by atoms with E-state index in [1.807, 2.05) is 12.1 Å². The number of benzene rings is 1. The largest absolute Gasteiger partial charge is 0.326 e. The highest BCUT2D eigenvalue weighted by Gasteiger charge is 2.21. The van der Waals surface area contributed by atoms with Crippen LogP contribution in [0.15, 0.2) is 23.9 Å². The van der Waals surface area contributed by atoms with Gasteiger partial charge in [-0.25, -0.2) is 0 Å². The molecule has 110 valence electrons. The minimum absolute atomic E-state index is 0.0135. The van der Waals surface area contributed by atoms with Crippen LogP contribution in [0.5, 0.6) is 0 Å². The highest BCUT2D eigenvalue weighted by atomic mass is 28.3. The molecule has 0 aromatic heterocycles. The highest BCUT2D eigenvalue weighted by molar-refractivity contribution is 6.89. The van der Waals surface area contributed by atoms with E-state index in [0.29, 0.717) is 0 Å². The fourth-order valence-corrected chi connectivity index (χ4v) is 4.32. The minimum atomic E-state index is -1.44. The van der Waals surface area contributed by atoms with Gasteiger partial charge in [-0.05, 0) is 11.6 Å². The summed E-state index contributed by atoms with van der Waals surface area (Å²) in [7, 11) is -2.71. The third-order valence-electron chi connectivity index (χ3n) is 2.97. The molecule has 0 aliphatic rings. The summed E-state index contributed by atoms with van der Waals surface area (Å²) < 4.78 is 0. The second-order valence-corrected chi connectivity index (χ2v) is 17.5. The Morgan fingerprint density at radius 3 is 2.15 bits per heavy atom. The van der Waals surface area contributed by atoms with Crippen LogP contribution in [0, 0.1) is 0 Å². The summed E-state index contributed by atoms with van der Waals surface area (Å²) in [6.07, 6.45) is 2.23. The van der Waals surface area contributed by atoms with Gasteiger partial charge in [0.1, 0.15) is 0 Å². The molecule has 0 aliphatic heterocycles. The first-order valence-corrected chi connectivity index (χ1v) is 14.2. The van der Waals surface area contributed by atoms with E-state index in [1.165, 1.54) is 10.8 Å². The summed E-state index contributed by atoms with van der Waals surface area (Å²) in [4.78, 5) is 11.4. The summed E-state index contributed by atoms with van der Waals surface area (Å²) in [5.74, 6) is -0.0135. The Morgan fingerprint density at radius 2 is 1.70 bits per heavy atom. The van der Waals surface area contributed by atoms with Crippen molar-refractivity contribution in [3.63, 3.8) is 0 Å². The maximum Gasteiger partial charge on any atom is 0.221 e. The average molecular weight is 306 g/mol. The molecule has 0 atom stereocenters. The molecule has 0 saturated heterocycles. The molecule has 0 heterocycles. The molecule has 20 heavy (non-hydrogen) atoms. The molecular formula is C16H27NOSi2. The Kier molecular flexibility index (Phi) is 5.16. The maximum atomic E-state index is 11.4. The van der Waals surface area contributed by atoms with Crippen LogP contribution in [0.25, 0.3) is 6.08 Å². The summed E-state index contributed by atoms with van der Waals surface area (Å²) in [6, 6.07) is 6.25. The first-order valence-electron chi connectivity index (χ1n) is 7.11. The zero-order valence-corrected chi connectivity index (χ0v) is 15.8. The van der Waals surface area contributed by atoms with Crippen LogP contribution in [-0.2, 0) is 4.79 Å². The van der Waals surface area contributed by atoms with Crippen molar-refractivity contribution in [1.82, 2.24) is 0 Å². The topological polar surface area (TPSA) is 29.1 Å². The van der Waals surface area contributed by atoms with E-state index in [1.54, 1.807) is 6.92 Å². The Morgan fingerprint density at radius 1 is 1.10 bits per heavy atom. The number of carbonyl (C=O) groups excluding carboxylic acids is 1. The molecule has 0 spiro atoms. The number of rotatable bonds is 4. The van der Waals surface area contributed by atoms with Gasteiger partial charge in [0.15, 0.2) is 0 Å². The molecule has 1 amide bonds. The van der Waals surface area contributed by atoms with Crippen LogP contribution in [0.4, 0.5) is 5.69 Å². The molecule has 1 rings (SSSR count). The van der Waals surface area contributed by atoms with Gasteiger partial charge < -0.3 is 5.32 Å². The fraction of sp³-hybridized carbons (Fsp3) is 0.438. The quantitative estimate of drug-likeness (QED) is 0.834. The van der Waals surface area contributed by atoms with Crippen LogP contribution in [0.1, 0.15) is 12.5 Å². The van der Waals surface area contributed by atoms with E-state index in [-0.39, 0.29) is 5.91 Å². The molecule has 1 N–H and O–H groups in total. The second kappa shape index (κ2) is 6.10. The van der Waals surface area contributed by atoms with Crippen LogP contribution >= 0.6 is 0 Å². The van der Waals surface area contributed by atoms with Gasteiger partial charge in [-0.15, -0.1) is 0 Å². The van der Waals surface area contributed by atoms with E-state index in [2.05, 4.69) is 62.4 Å². The lowest BCUT2D eigenvalue weighted by atomic mass is 10.1. The zero-order chi connectivity index (χ0) is 15.6. The standard InChI is InChI=1S/C16H27NOSi2/c1-13(18)17-15-9-8-10-16(20(5,6)7)14(15)11-12-19(2,3)4/h8-12H,1-7H3,(H,17,18)/b12-11-. The van der Waals surface area contributed by atoms with Crippen molar-refractivity contribution in [2.45, 2.75) is 46.2 Å². The highest BCUT2D eigenvalue weighted by Crippen LogP contribution is 2.20. The predicted octanol–water partition coefficient (Wildman–Crippen LogP) is 4.08. The first kappa shape index (κ1) is 16.9. The molecule has 2 nitrogen and oxygen atoms in total. The van der Waals surface area contributed by atoms with E-state index >= 15 is 0 Å². The number of hydrogen-bond donors (Lipinski definition) is 1. The molecule has 1 aromatic rings. The van der Waals surface area contributed by atoms with Crippen molar-refractivity contribution in [2.24, 2.45) is 0 Å². The molecule has 0 radical (unpaired) electrons. The molecule has 0 fully saturated rings. The summed E-state index contributed by atoms with van der Waals surface area (Å²) in [6.45, 7) is 15.5. The lowest BCUT2D eigenvalue weighted by molar-refractivity contribution is -0.114. The molecule has 0 bridgehead atoms. The van der Waals surface area contributed by atoms with Gasteiger partial charge in [-0.1, -0.05) is 68.4 Å². The van der Waals surface area contributed by atoms with Crippen molar-refractivity contribution >= 4 is 39.0 Å². The van der Waals surface area contributed by atoms with Gasteiger partial charge in [0.05, 0.1) is 16.1 Å². The molecule has 0 aliphatic carbocycles. The molecule has 4 heteroatoms. The predicted molar refractivity (Wildman–Crippen MR) is 96.1 cm³/mol. The van der Waals surface area contributed by atoms with Gasteiger partial charge in [-0.3, -0.25) is 4.79 Å². The van der Waals surface area contributed by atoms with Gasteiger partial charge in [-0.2, -0.15) is 0 Å². The van der Waals surface area contributed by atoms with Crippen LogP contribution in [0.3, 0.4) is 0 Å². The molecule has 0 unspecified atom stereocenters. The Hall–Kier alpha value is -1.14. The van der Waals surface area contributed by atoms with Crippen LogP contribution in [-0.4, -0.2) is 22.1 Å². The Labute approximate surface area is 125 Å². The number of nitrogens with one attached hydrogen (secondary N) is 1. The summed E-state index contributed by atoms with van der Waals surface area (Å²) >= 11 is 0. The lowest BCUT2D eigenvalue weighted by Gasteiger charge is -2.22. The lowest BCUT2D eigenvalue weighted by Crippen LogP contribution is -2.40. The second-order valence-electron chi connectivity index (χ2n) is 7.40. The van der Waals surface area contributed by atoms with Gasteiger partial charge in [0.25, 0.3) is 0 Å². The average Bonchev–Trinajstić information content (AvgIpc) is 2.23. The number of hydrogen-bond acceptors (Lipinski definition) is 1. The Balaban J connectivity index is 3.40. The third kappa shape index (κ3) is 5.09. The van der Waals surface area contributed by atoms with E-state index < -0.39 is 16.1 Å². The monoisotopic (exact) mass is 305 g/mol. The van der Waals surface area contributed by atoms with Crippen molar-refractivity contribution in [1.29, 1.82) is 0 Å². The van der Waals surface area contributed by atoms with Gasteiger partial charge >= 0.3 is 0 Å². The van der Waals surface area contributed by atoms with Crippen molar-refractivity contribution in [2.75, 3.05) is 5.32 Å². The normalized spacial score (nSPS) is 12.8. The van der Waals surface area contributed by atoms with E-state index in [9.17, 15) is 4.79 Å². The fourth-order valence-electron chi connectivity index (χ4n) is 2.03. The third-order valence-corrected chi connectivity index (χ3v) is 6.19. The van der Waals surface area contributed by atoms with Gasteiger partial charge in [0, 0.05) is 12.6 Å². The molecule has 1 aromatic carbocycles. The van der Waals surface area contributed by atoms with Crippen molar-refractivity contribution in [3.05, 3.63) is 29.5 Å². The Bertz CT molecular complexity index is 522. The van der Waals surface area contributed by atoms with E-state index in [0.717, 1.165) is 5.69 Å². The van der Waals surface area contributed by atoms with Gasteiger partial charge in [0.2, 0.25) is 5.91 Å². The van der Waals surface area contributed by atoms with Crippen LogP contribution < -0.4 is 10.5 Å². The zero-order valence-electron chi connectivity index (χ0n) is 13.8.